The van der Waals surface area contributed by atoms with E-state index in [-0.39, 0.29) is 18.1 Å². The van der Waals surface area contributed by atoms with Gasteiger partial charge < -0.3 is 20.6 Å². The summed E-state index contributed by atoms with van der Waals surface area (Å²) in [6, 6.07) is -0.477. The van der Waals surface area contributed by atoms with Crippen LogP contribution in [0.4, 0.5) is 4.79 Å². The lowest BCUT2D eigenvalue weighted by Gasteiger charge is -2.19. The predicted molar refractivity (Wildman–Crippen MR) is 74.9 cm³/mol. The van der Waals surface area contributed by atoms with Gasteiger partial charge in [0.05, 0.1) is 12.1 Å². The van der Waals surface area contributed by atoms with Gasteiger partial charge in [-0.25, -0.2) is 14.8 Å². The summed E-state index contributed by atoms with van der Waals surface area (Å²) in [7, 11) is 0. The van der Waals surface area contributed by atoms with Crippen LogP contribution in [0.2, 0.25) is 0 Å². The van der Waals surface area contributed by atoms with Crippen molar-refractivity contribution in [1.82, 2.24) is 30.6 Å². The number of imidazole rings is 2. The van der Waals surface area contributed by atoms with Crippen LogP contribution in [-0.2, 0) is 0 Å². The highest BCUT2D eigenvalue weighted by Crippen LogP contribution is 2.13. The first-order valence-electron chi connectivity index (χ1n) is 6.80. The Hall–Kier alpha value is -2.31. The molecule has 108 valence electrons. The fourth-order valence-corrected chi connectivity index (χ4v) is 2.02. The van der Waals surface area contributed by atoms with Crippen molar-refractivity contribution in [3.05, 3.63) is 36.4 Å². The summed E-state index contributed by atoms with van der Waals surface area (Å²) >= 11 is 0. The molecule has 0 aromatic carbocycles. The van der Waals surface area contributed by atoms with E-state index in [9.17, 15) is 4.79 Å². The van der Waals surface area contributed by atoms with Gasteiger partial charge in [-0.3, -0.25) is 0 Å². The fourth-order valence-electron chi connectivity index (χ4n) is 2.02. The van der Waals surface area contributed by atoms with E-state index in [1.165, 1.54) is 0 Å². The molecule has 2 heterocycles. The molecule has 2 rings (SSSR count). The van der Waals surface area contributed by atoms with Crippen LogP contribution >= 0.6 is 0 Å². The molecular weight excluding hydrogens is 256 g/mol. The van der Waals surface area contributed by atoms with Gasteiger partial charge >= 0.3 is 6.03 Å². The lowest BCUT2D eigenvalue weighted by atomic mass is 10.2. The van der Waals surface area contributed by atoms with Crippen LogP contribution < -0.4 is 10.6 Å². The topological polar surface area (TPSA) is 98.5 Å². The first kappa shape index (κ1) is 14.1. The van der Waals surface area contributed by atoms with Crippen LogP contribution in [0.3, 0.4) is 0 Å². The van der Waals surface area contributed by atoms with E-state index in [0.29, 0.717) is 0 Å². The Bertz CT molecular complexity index is 461. The molecule has 2 amide bonds. The van der Waals surface area contributed by atoms with Crippen molar-refractivity contribution in [1.29, 1.82) is 0 Å². The van der Waals surface area contributed by atoms with Crippen LogP contribution in [0.1, 0.15) is 50.4 Å². The second-order valence-electron chi connectivity index (χ2n) is 4.49. The molecule has 2 atom stereocenters. The zero-order valence-corrected chi connectivity index (χ0v) is 11.7. The number of carbonyl (C=O) groups is 1. The number of aromatic amines is 2. The summed E-state index contributed by atoms with van der Waals surface area (Å²) in [4.78, 5) is 26.4. The Morgan fingerprint density at radius 1 is 1.05 bits per heavy atom. The third kappa shape index (κ3) is 3.37. The van der Waals surface area contributed by atoms with Crippen molar-refractivity contribution in [2.75, 3.05) is 0 Å². The Balaban J connectivity index is 1.94. The average Bonchev–Trinajstić information content (AvgIpc) is 3.14. The average molecular weight is 276 g/mol. The third-order valence-electron chi connectivity index (χ3n) is 3.13. The molecule has 2 aromatic heterocycles. The first-order valence-corrected chi connectivity index (χ1v) is 6.80. The van der Waals surface area contributed by atoms with Crippen molar-refractivity contribution in [2.24, 2.45) is 0 Å². The van der Waals surface area contributed by atoms with E-state index in [1.807, 2.05) is 13.8 Å². The summed E-state index contributed by atoms with van der Waals surface area (Å²) in [5, 5.41) is 5.82. The van der Waals surface area contributed by atoms with Crippen LogP contribution in [0.5, 0.6) is 0 Å². The minimum atomic E-state index is -0.225. The van der Waals surface area contributed by atoms with Crippen LogP contribution in [0.25, 0.3) is 0 Å². The fraction of sp³-hybridized carbons (Fsp3) is 0.462. The highest BCUT2D eigenvalue weighted by molar-refractivity contribution is 5.74. The van der Waals surface area contributed by atoms with E-state index >= 15 is 0 Å². The van der Waals surface area contributed by atoms with E-state index < -0.39 is 0 Å². The quantitative estimate of drug-likeness (QED) is 0.649. The predicted octanol–water partition coefficient (Wildman–Crippen LogP) is 2.03. The molecule has 7 heteroatoms. The molecule has 0 aliphatic rings. The van der Waals surface area contributed by atoms with E-state index in [1.54, 1.807) is 24.8 Å². The standard InChI is InChI=1S/C13H20N6O/c1-3-9(11-14-5-6-15-11)18-13(20)19-10(4-2)12-16-7-8-17-12/h5-10H,3-4H2,1-2H3,(H,14,15)(H,16,17)(H2,18,19,20). The number of H-pyrrole nitrogens is 2. The third-order valence-corrected chi connectivity index (χ3v) is 3.13. The zero-order chi connectivity index (χ0) is 14.4. The molecule has 0 spiro atoms. The summed E-state index contributed by atoms with van der Waals surface area (Å²) in [5.74, 6) is 1.52. The second-order valence-corrected chi connectivity index (χ2v) is 4.49. The van der Waals surface area contributed by atoms with E-state index in [0.717, 1.165) is 24.5 Å². The van der Waals surface area contributed by atoms with Crippen molar-refractivity contribution in [2.45, 2.75) is 38.8 Å². The molecule has 2 unspecified atom stereocenters. The maximum atomic E-state index is 12.1. The number of rotatable bonds is 6. The lowest BCUT2D eigenvalue weighted by molar-refractivity contribution is 0.231. The molecule has 0 aliphatic carbocycles. The smallest absolute Gasteiger partial charge is 0.315 e. The van der Waals surface area contributed by atoms with Crippen molar-refractivity contribution >= 4 is 6.03 Å². The molecule has 0 aliphatic heterocycles. The largest absolute Gasteiger partial charge is 0.347 e. The van der Waals surface area contributed by atoms with Gasteiger partial charge in [0.2, 0.25) is 0 Å². The molecule has 0 saturated carbocycles. The number of nitrogens with zero attached hydrogens (tertiary/aromatic N) is 2. The SMILES string of the molecule is CCC(NC(=O)NC(CC)c1ncc[nH]1)c1ncc[nH]1. The van der Waals surface area contributed by atoms with Gasteiger partial charge in [-0.05, 0) is 12.8 Å². The van der Waals surface area contributed by atoms with Gasteiger partial charge in [0, 0.05) is 24.8 Å². The molecule has 0 radical (unpaired) electrons. The monoisotopic (exact) mass is 276 g/mol. The van der Waals surface area contributed by atoms with E-state index in [4.69, 9.17) is 0 Å². The Labute approximate surface area is 117 Å². The number of carbonyl (C=O) groups excluding carboxylic acids is 1. The molecular formula is C13H20N6O. The Morgan fingerprint density at radius 3 is 1.80 bits per heavy atom. The van der Waals surface area contributed by atoms with Gasteiger partial charge in [0.1, 0.15) is 11.6 Å². The number of hydrogen-bond acceptors (Lipinski definition) is 3. The minimum absolute atomic E-state index is 0.126. The number of urea groups is 1. The molecule has 2 aromatic rings. The van der Waals surface area contributed by atoms with Gasteiger partial charge in [-0.1, -0.05) is 13.8 Å². The number of hydrogen-bond donors (Lipinski definition) is 4. The highest BCUT2D eigenvalue weighted by atomic mass is 16.2. The molecule has 4 N–H and O–H groups in total. The summed E-state index contributed by atoms with van der Waals surface area (Å²) in [6.45, 7) is 3.99. The second kappa shape index (κ2) is 6.74. The van der Waals surface area contributed by atoms with Crippen LogP contribution in [0, 0.1) is 0 Å². The van der Waals surface area contributed by atoms with Gasteiger partial charge in [0.25, 0.3) is 0 Å². The number of amides is 2. The maximum absolute atomic E-state index is 12.1. The zero-order valence-electron chi connectivity index (χ0n) is 11.7. The van der Waals surface area contributed by atoms with Gasteiger partial charge in [-0.15, -0.1) is 0 Å². The summed E-state index contributed by atoms with van der Waals surface area (Å²) in [5.41, 5.74) is 0. The van der Waals surface area contributed by atoms with Crippen LogP contribution in [-0.4, -0.2) is 26.0 Å². The Morgan fingerprint density at radius 2 is 1.50 bits per heavy atom. The van der Waals surface area contributed by atoms with Crippen molar-refractivity contribution in [3.63, 3.8) is 0 Å². The number of aromatic nitrogens is 4. The molecule has 7 nitrogen and oxygen atoms in total. The molecule has 0 bridgehead atoms. The minimum Gasteiger partial charge on any atom is -0.347 e. The van der Waals surface area contributed by atoms with Crippen molar-refractivity contribution in [3.8, 4) is 0 Å². The van der Waals surface area contributed by atoms with Crippen molar-refractivity contribution < 1.29 is 4.79 Å². The Kier molecular flexibility index (Phi) is 4.75. The summed E-state index contributed by atoms with van der Waals surface area (Å²) in [6.07, 6.45) is 8.37. The highest BCUT2D eigenvalue weighted by Gasteiger charge is 2.18. The number of nitrogens with one attached hydrogen (secondary N) is 4. The van der Waals surface area contributed by atoms with Gasteiger partial charge in [0.15, 0.2) is 0 Å². The molecule has 0 saturated heterocycles. The van der Waals surface area contributed by atoms with E-state index in [2.05, 4.69) is 30.6 Å². The molecule has 20 heavy (non-hydrogen) atoms. The lowest BCUT2D eigenvalue weighted by Crippen LogP contribution is -2.40. The van der Waals surface area contributed by atoms with Gasteiger partial charge in [-0.2, -0.15) is 0 Å². The first-order chi connectivity index (χ1) is 9.74. The normalized spacial score (nSPS) is 13.7. The van der Waals surface area contributed by atoms with Crippen LogP contribution in [0.15, 0.2) is 24.8 Å². The molecule has 0 fully saturated rings. The summed E-state index contributed by atoms with van der Waals surface area (Å²) < 4.78 is 0. The maximum Gasteiger partial charge on any atom is 0.315 e.